The summed E-state index contributed by atoms with van der Waals surface area (Å²) in [4.78, 5) is 15.5. The molecule has 1 rings (SSSR count). The van der Waals surface area contributed by atoms with Gasteiger partial charge in [-0.1, -0.05) is 0 Å². The van der Waals surface area contributed by atoms with Crippen molar-refractivity contribution in [2.24, 2.45) is 0 Å². The van der Waals surface area contributed by atoms with Crippen molar-refractivity contribution in [3.63, 3.8) is 0 Å². The molecule has 0 aliphatic rings. The van der Waals surface area contributed by atoms with Gasteiger partial charge in [0, 0.05) is 5.75 Å². The lowest BCUT2D eigenvalue weighted by atomic mass is 10.1. The largest absolute Gasteiger partial charge is 0.389 e. The summed E-state index contributed by atoms with van der Waals surface area (Å²) in [6, 6.07) is 0. The maximum Gasteiger partial charge on any atom is 0.346 e. The maximum absolute atomic E-state index is 10.4. The minimum atomic E-state index is -1.40. The Morgan fingerprint density at radius 1 is 1.71 bits per heavy atom. The molecule has 0 aliphatic carbocycles. The lowest BCUT2D eigenvalue weighted by molar-refractivity contribution is -0.390. The molecule has 0 saturated carbocycles. The molecule has 78 valence electrons. The Labute approximate surface area is 84.4 Å². The molecule has 1 aromatic heterocycles. The van der Waals surface area contributed by atoms with Gasteiger partial charge in [-0.15, -0.1) is 0 Å². The molecule has 2 unspecified atom stereocenters. The molecule has 14 heavy (non-hydrogen) atoms. The van der Waals surface area contributed by atoms with E-state index in [0.29, 0.717) is 0 Å². The van der Waals surface area contributed by atoms with Crippen molar-refractivity contribution in [3.8, 4) is 0 Å². The fourth-order valence-electron chi connectivity index (χ4n) is 0.943. The number of aliphatic hydroxyl groups is 2. The van der Waals surface area contributed by atoms with Crippen molar-refractivity contribution in [3.05, 3.63) is 22.1 Å². The van der Waals surface area contributed by atoms with Gasteiger partial charge in [-0.2, -0.15) is 12.6 Å². The summed E-state index contributed by atoms with van der Waals surface area (Å²) in [5.41, 5.74) is -0.184. The highest BCUT2D eigenvalue weighted by atomic mass is 32.1. The van der Waals surface area contributed by atoms with Crippen LogP contribution in [0.25, 0.3) is 0 Å². The van der Waals surface area contributed by atoms with Gasteiger partial charge in [-0.3, -0.25) is 0 Å². The summed E-state index contributed by atoms with van der Waals surface area (Å²) in [5.74, 6) is -0.427. The normalized spacial score (nSPS) is 15.1. The molecule has 3 N–H and O–H groups in total. The Hall–Kier alpha value is -1.12. The third-order valence-electron chi connectivity index (χ3n) is 1.66. The molecule has 2 atom stereocenters. The highest BCUT2D eigenvalue weighted by Crippen LogP contribution is 2.23. The first-order valence-corrected chi connectivity index (χ1v) is 4.35. The Balaban J connectivity index is 2.94. The van der Waals surface area contributed by atoms with E-state index in [-0.39, 0.29) is 11.4 Å². The summed E-state index contributed by atoms with van der Waals surface area (Å²) in [6.45, 7) is 0. The Morgan fingerprint density at radius 2 is 2.36 bits per heavy atom. The van der Waals surface area contributed by atoms with Gasteiger partial charge in [0.05, 0.1) is 6.10 Å². The first-order valence-electron chi connectivity index (χ1n) is 3.72. The number of nitrogens with zero attached hydrogens (tertiary/aromatic N) is 2. The molecule has 0 aliphatic heterocycles. The smallest absolute Gasteiger partial charge is 0.346 e. The number of rotatable bonds is 4. The maximum atomic E-state index is 10.4. The number of nitro groups is 1. The van der Waals surface area contributed by atoms with E-state index in [0.717, 1.165) is 6.33 Å². The van der Waals surface area contributed by atoms with E-state index < -0.39 is 22.9 Å². The average molecular weight is 219 g/mol. The summed E-state index contributed by atoms with van der Waals surface area (Å²) in [5, 5.41) is 29.0. The quantitative estimate of drug-likeness (QED) is 0.314. The molecule has 0 saturated heterocycles. The minimum absolute atomic E-state index is 0.00875. The second kappa shape index (κ2) is 4.40. The topological polar surface area (TPSA) is 112 Å². The fourth-order valence-corrected chi connectivity index (χ4v) is 1.14. The van der Waals surface area contributed by atoms with Gasteiger partial charge in [0.15, 0.2) is 12.0 Å². The van der Waals surface area contributed by atoms with Gasteiger partial charge >= 0.3 is 5.82 Å². The van der Waals surface area contributed by atoms with Crippen LogP contribution in [0.2, 0.25) is 0 Å². The lowest BCUT2D eigenvalue weighted by Crippen LogP contribution is -2.20. The highest BCUT2D eigenvalue weighted by molar-refractivity contribution is 7.80. The second-order valence-electron chi connectivity index (χ2n) is 2.59. The van der Waals surface area contributed by atoms with E-state index in [1.54, 1.807) is 0 Å². The molecule has 1 heterocycles. The van der Waals surface area contributed by atoms with Gasteiger partial charge < -0.3 is 20.3 Å². The lowest BCUT2D eigenvalue weighted by Gasteiger charge is -2.12. The predicted molar refractivity (Wildman–Crippen MR) is 50.1 cm³/mol. The van der Waals surface area contributed by atoms with Crippen LogP contribution in [-0.4, -0.2) is 37.0 Å². The number of aromatic nitrogens is 2. The third kappa shape index (κ3) is 2.03. The first kappa shape index (κ1) is 11.0. The zero-order chi connectivity index (χ0) is 10.7. The average Bonchev–Trinajstić information content (AvgIpc) is 2.63. The third-order valence-corrected chi connectivity index (χ3v) is 2.04. The van der Waals surface area contributed by atoms with Crippen molar-refractivity contribution < 1.29 is 15.1 Å². The summed E-state index contributed by atoms with van der Waals surface area (Å²) >= 11 is 3.75. The van der Waals surface area contributed by atoms with Crippen LogP contribution in [0.1, 0.15) is 11.8 Å². The van der Waals surface area contributed by atoms with E-state index in [1.165, 1.54) is 0 Å². The minimum Gasteiger partial charge on any atom is -0.389 e. The molecule has 0 bridgehead atoms. The number of hydrogen-bond acceptors (Lipinski definition) is 6. The van der Waals surface area contributed by atoms with Crippen molar-refractivity contribution >= 4 is 18.4 Å². The van der Waals surface area contributed by atoms with Crippen LogP contribution >= 0.6 is 12.6 Å². The van der Waals surface area contributed by atoms with Crippen LogP contribution in [0.3, 0.4) is 0 Å². The van der Waals surface area contributed by atoms with E-state index in [2.05, 4.69) is 22.6 Å². The Morgan fingerprint density at radius 3 is 2.86 bits per heavy atom. The molecular formula is C6H9N3O4S. The van der Waals surface area contributed by atoms with Crippen molar-refractivity contribution in [1.29, 1.82) is 0 Å². The number of aliphatic hydroxyl groups excluding tert-OH is 2. The molecule has 0 radical (unpaired) electrons. The number of nitrogens with one attached hydrogen (secondary N) is 1. The fraction of sp³-hybridized carbons (Fsp3) is 0.500. The summed E-state index contributed by atoms with van der Waals surface area (Å²) < 4.78 is 0. The zero-order valence-corrected chi connectivity index (χ0v) is 7.89. The summed E-state index contributed by atoms with van der Waals surface area (Å²) in [6.07, 6.45) is -1.50. The molecule has 0 amide bonds. The van der Waals surface area contributed by atoms with Crippen molar-refractivity contribution in [2.75, 3.05) is 5.75 Å². The monoisotopic (exact) mass is 219 g/mol. The van der Waals surface area contributed by atoms with E-state index in [9.17, 15) is 20.3 Å². The zero-order valence-electron chi connectivity index (χ0n) is 6.99. The molecule has 0 aromatic carbocycles. The van der Waals surface area contributed by atoms with Gasteiger partial charge in [0.1, 0.15) is 6.10 Å². The number of H-pyrrole nitrogens is 1. The SMILES string of the molecule is O=[N+]([O-])c1[nH]cnc1C(O)C(O)CS. The van der Waals surface area contributed by atoms with Crippen LogP contribution in [0.5, 0.6) is 0 Å². The molecule has 8 heteroatoms. The first-order chi connectivity index (χ1) is 6.57. The number of imidazole rings is 1. The summed E-state index contributed by atoms with van der Waals surface area (Å²) in [7, 11) is 0. The van der Waals surface area contributed by atoms with Crippen molar-refractivity contribution in [2.45, 2.75) is 12.2 Å². The standard InChI is InChI=1S/C6H9N3O4S/c10-3(1-14)5(11)4-6(9(12)13)8-2-7-4/h2-3,5,10-11,14H,1H2,(H,7,8). The molecule has 7 nitrogen and oxygen atoms in total. The van der Waals surface area contributed by atoms with Gasteiger partial charge in [-0.25, -0.2) is 9.97 Å². The highest BCUT2D eigenvalue weighted by Gasteiger charge is 2.27. The van der Waals surface area contributed by atoms with Crippen LogP contribution in [-0.2, 0) is 0 Å². The van der Waals surface area contributed by atoms with Crippen molar-refractivity contribution in [1.82, 2.24) is 9.97 Å². The van der Waals surface area contributed by atoms with Gasteiger partial charge in [0.2, 0.25) is 0 Å². The molecular weight excluding hydrogens is 210 g/mol. The Kier molecular flexibility index (Phi) is 3.44. The van der Waals surface area contributed by atoms with E-state index in [1.807, 2.05) is 0 Å². The van der Waals surface area contributed by atoms with Crippen LogP contribution in [0.15, 0.2) is 6.33 Å². The second-order valence-corrected chi connectivity index (χ2v) is 2.95. The Bertz CT molecular complexity index is 329. The number of aromatic amines is 1. The van der Waals surface area contributed by atoms with E-state index >= 15 is 0 Å². The van der Waals surface area contributed by atoms with Crippen LogP contribution < -0.4 is 0 Å². The predicted octanol–water partition coefficient (Wildman–Crippen LogP) is -0.358. The van der Waals surface area contributed by atoms with Crippen LogP contribution in [0.4, 0.5) is 5.82 Å². The molecule has 1 aromatic rings. The number of hydrogen-bond donors (Lipinski definition) is 4. The van der Waals surface area contributed by atoms with Gasteiger partial charge in [0.25, 0.3) is 0 Å². The molecule has 0 spiro atoms. The van der Waals surface area contributed by atoms with Gasteiger partial charge in [-0.05, 0) is 4.92 Å². The van der Waals surface area contributed by atoms with Crippen LogP contribution in [0, 0.1) is 10.1 Å². The molecule has 0 fully saturated rings. The van der Waals surface area contributed by atoms with E-state index in [4.69, 9.17) is 0 Å². The number of thiol groups is 1.